The maximum absolute atomic E-state index is 11.8. The highest BCUT2D eigenvalue weighted by molar-refractivity contribution is 7.89. The van der Waals surface area contributed by atoms with Crippen LogP contribution in [0, 0.1) is 0 Å². The van der Waals surface area contributed by atoms with Gasteiger partial charge in [-0.05, 0) is 12.1 Å². The molecule has 1 aromatic rings. The van der Waals surface area contributed by atoms with E-state index < -0.39 is 10.0 Å². The third-order valence-electron chi connectivity index (χ3n) is 2.90. The third kappa shape index (κ3) is 5.23. The molecule has 7 heteroatoms. The van der Waals surface area contributed by atoms with Crippen molar-refractivity contribution in [2.24, 2.45) is 0 Å². The first kappa shape index (κ1) is 14.4. The fourth-order valence-corrected chi connectivity index (χ4v) is 2.91. The number of hydrogen-bond donors (Lipinski definition) is 2. The zero-order chi connectivity index (χ0) is 13.6. The van der Waals surface area contributed by atoms with Crippen molar-refractivity contribution in [3.63, 3.8) is 0 Å². The van der Waals surface area contributed by atoms with Crippen molar-refractivity contribution in [3.05, 3.63) is 30.1 Å². The molecule has 1 aliphatic heterocycles. The molecule has 2 rings (SSSR count). The van der Waals surface area contributed by atoms with Gasteiger partial charge in [-0.2, -0.15) is 0 Å². The molecule has 0 amide bonds. The molecule has 6 nitrogen and oxygen atoms in total. The molecule has 2 N–H and O–H groups in total. The Morgan fingerprint density at radius 3 is 3.05 bits per heavy atom. The van der Waals surface area contributed by atoms with E-state index in [1.165, 1.54) is 0 Å². The highest BCUT2D eigenvalue weighted by Crippen LogP contribution is 1.98. The Labute approximate surface area is 113 Å². The number of aryl methyl sites for hydroxylation is 1. The summed E-state index contributed by atoms with van der Waals surface area (Å²) in [5.74, 6) is 0.0532. The summed E-state index contributed by atoms with van der Waals surface area (Å²) in [4.78, 5) is 4.11. The molecular formula is C12H19N3O3S. The largest absolute Gasteiger partial charge is 0.378 e. The number of nitrogens with zero attached hydrogens (tertiary/aromatic N) is 1. The van der Waals surface area contributed by atoms with Crippen molar-refractivity contribution in [1.29, 1.82) is 0 Å². The molecule has 2 heterocycles. The Morgan fingerprint density at radius 1 is 1.47 bits per heavy atom. The predicted molar refractivity (Wildman–Crippen MR) is 72.3 cm³/mol. The number of nitrogens with one attached hydrogen (secondary N) is 2. The first-order valence-electron chi connectivity index (χ1n) is 6.34. The summed E-state index contributed by atoms with van der Waals surface area (Å²) >= 11 is 0. The fourth-order valence-electron chi connectivity index (χ4n) is 1.84. The van der Waals surface area contributed by atoms with Gasteiger partial charge in [-0.15, -0.1) is 0 Å². The van der Waals surface area contributed by atoms with Gasteiger partial charge in [0.25, 0.3) is 0 Å². The molecule has 1 atom stereocenters. The highest BCUT2D eigenvalue weighted by Gasteiger charge is 2.17. The monoisotopic (exact) mass is 285 g/mol. The molecule has 1 aliphatic rings. The molecule has 0 radical (unpaired) electrons. The average molecular weight is 285 g/mol. The van der Waals surface area contributed by atoms with Crippen LogP contribution in [0.15, 0.2) is 24.4 Å². The molecule has 1 aromatic heterocycles. The normalized spacial score (nSPS) is 20.3. The van der Waals surface area contributed by atoms with Crippen molar-refractivity contribution >= 4 is 10.0 Å². The third-order valence-corrected chi connectivity index (χ3v) is 4.25. The second kappa shape index (κ2) is 6.95. The van der Waals surface area contributed by atoms with Crippen LogP contribution >= 0.6 is 0 Å². The van der Waals surface area contributed by atoms with Crippen molar-refractivity contribution in [1.82, 2.24) is 15.0 Å². The highest BCUT2D eigenvalue weighted by atomic mass is 32.2. The summed E-state index contributed by atoms with van der Waals surface area (Å²) in [6.45, 7) is 2.36. The van der Waals surface area contributed by atoms with E-state index >= 15 is 0 Å². The van der Waals surface area contributed by atoms with Gasteiger partial charge in [0.15, 0.2) is 0 Å². The van der Waals surface area contributed by atoms with Crippen molar-refractivity contribution in [3.8, 4) is 0 Å². The van der Waals surface area contributed by atoms with E-state index in [4.69, 9.17) is 4.74 Å². The van der Waals surface area contributed by atoms with Crippen molar-refractivity contribution in [2.45, 2.75) is 12.5 Å². The van der Waals surface area contributed by atoms with Gasteiger partial charge in [0.05, 0.1) is 19.0 Å². The summed E-state index contributed by atoms with van der Waals surface area (Å²) in [7, 11) is -3.26. The second-order valence-corrected chi connectivity index (χ2v) is 6.39. The molecule has 19 heavy (non-hydrogen) atoms. The molecule has 0 bridgehead atoms. The van der Waals surface area contributed by atoms with E-state index in [9.17, 15) is 8.42 Å². The number of hydrogen-bond acceptors (Lipinski definition) is 5. The van der Waals surface area contributed by atoms with Crippen LogP contribution in [0.25, 0.3) is 0 Å². The van der Waals surface area contributed by atoms with E-state index in [1.54, 1.807) is 6.20 Å². The smallest absolute Gasteiger partial charge is 0.212 e. The zero-order valence-electron chi connectivity index (χ0n) is 10.7. The van der Waals surface area contributed by atoms with Gasteiger partial charge in [0.2, 0.25) is 10.0 Å². The Kier molecular flexibility index (Phi) is 5.26. The van der Waals surface area contributed by atoms with E-state index in [0.717, 1.165) is 12.2 Å². The predicted octanol–water partition coefficient (Wildman–Crippen LogP) is -0.468. The first-order chi connectivity index (χ1) is 9.16. The summed E-state index contributed by atoms with van der Waals surface area (Å²) < 4.78 is 31.5. The van der Waals surface area contributed by atoms with Gasteiger partial charge >= 0.3 is 0 Å². The van der Waals surface area contributed by atoms with Crippen LogP contribution in [0.4, 0.5) is 0 Å². The summed E-state index contributed by atoms with van der Waals surface area (Å²) in [6.07, 6.45) is 2.09. The molecular weight excluding hydrogens is 266 g/mol. The van der Waals surface area contributed by atoms with E-state index in [-0.39, 0.29) is 11.8 Å². The lowest BCUT2D eigenvalue weighted by atomic mass is 10.3. The number of rotatable bonds is 6. The van der Waals surface area contributed by atoms with Crippen LogP contribution in [0.3, 0.4) is 0 Å². The van der Waals surface area contributed by atoms with Gasteiger partial charge in [-0.25, -0.2) is 13.1 Å². The maximum atomic E-state index is 11.8. The van der Waals surface area contributed by atoms with Crippen LogP contribution in [0.5, 0.6) is 0 Å². The van der Waals surface area contributed by atoms with E-state index in [1.807, 2.05) is 18.2 Å². The Hall–Kier alpha value is -1.02. The minimum atomic E-state index is -3.26. The molecule has 0 aromatic carbocycles. The second-order valence-electron chi connectivity index (χ2n) is 4.46. The van der Waals surface area contributed by atoms with E-state index in [2.05, 4.69) is 15.0 Å². The van der Waals surface area contributed by atoms with E-state index in [0.29, 0.717) is 26.2 Å². The van der Waals surface area contributed by atoms with Gasteiger partial charge < -0.3 is 10.1 Å². The lowest BCUT2D eigenvalue weighted by molar-refractivity contribution is 0.0784. The first-order valence-corrected chi connectivity index (χ1v) is 7.99. The van der Waals surface area contributed by atoms with Crippen LogP contribution in [0.1, 0.15) is 5.69 Å². The molecule has 1 fully saturated rings. The summed E-state index contributed by atoms with van der Waals surface area (Å²) in [5, 5.41) is 3.20. The van der Waals surface area contributed by atoms with Crippen LogP contribution in [-0.2, 0) is 21.2 Å². The zero-order valence-corrected chi connectivity index (χ0v) is 11.5. The number of aromatic nitrogens is 1. The fraction of sp³-hybridized carbons (Fsp3) is 0.583. The molecule has 1 unspecified atom stereocenters. The van der Waals surface area contributed by atoms with Crippen LogP contribution in [0.2, 0.25) is 0 Å². The minimum absolute atomic E-state index is 0.0532. The van der Waals surface area contributed by atoms with Crippen molar-refractivity contribution < 1.29 is 13.2 Å². The van der Waals surface area contributed by atoms with Gasteiger partial charge in [0, 0.05) is 37.4 Å². The van der Waals surface area contributed by atoms with Crippen LogP contribution in [-0.4, -0.2) is 51.5 Å². The quantitative estimate of drug-likeness (QED) is 0.739. The molecule has 0 spiro atoms. The number of sulfonamides is 1. The lowest BCUT2D eigenvalue weighted by Gasteiger charge is -2.23. The SMILES string of the molecule is O=S(=O)(CCc1ccccn1)NCC1COCCN1. The molecule has 106 valence electrons. The summed E-state index contributed by atoms with van der Waals surface area (Å²) in [6, 6.07) is 5.54. The maximum Gasteiger partial charge on any atom is 0.212 e. The number of pyridine rings is 1. The summed E-state index contributed by atoms with van der Waals surface area (Å²) in [5.41, 5.74) is 0.784. The topological polar surface area (TPSA) is 80.3 Å². The lowest BCUT2D eigenvalue weighted by Crippen LogP contribution is -2.48. The van der Waals surface area contributed by atoms with Crippen molar-refractivity contribution in [2.75, 3.05) is 32.1 Å². The van der Waals surface area contributed by atoms with Crippen LogP contribution < -0.4 is 10.0 Å². The molecule has 0 aliphatic carbocycles. The average Bonchev–Trinajstić information content (AvgIpc) is 2.46. The van der Waals surface area contributed by atoms with Gasteiger partial charge in [-0.3, -0.25) is 4.98 Å². The molecule has 1 saturated heterocycles. The minimum Gasteiger partial charge on any atom is -0.378 e. The molecule has 0 saturated carbocycles. The Bertz CT molecular complexity index is 472. The van der Waals surface area contributed by atoms with Gasteiger partial charge in [0.1, 0.15) is 0 Å². The Morgan fingerprint density at radius 2 is 2.37 bits per heavy atom. The standard InChI is InChI=1S/C12H19N3O3S/c16-19(17,8-4-11-3-1-2-5-13-11)15-9-12-10-18-7-6-14-12/h1-3,5,12,14-15H,4,6-10H2. The Balaban J connectivity index is 1.75. The van der Waals surface area contributed by atoms with Gasteiger partial charge in [-0.1, -0.05) is 6.07 Å². The number of ether oxygens (including phenoxy) is 1. The number of morpholine rings is 1.